The van der Waals surface area contributed by atoms with Gasteiger partial charge in [0.15, 0.2) is 11.5 Å². The third kappa shape index (κ3) is 2.63. The Labute approximate surface area is 133 Å². The fraction of sp³-hybridized carbons (Fsp3) is 0.235. The van der Waals surface area contributed by atoms with Crippen molar-refractivity contribution >= 4 is 16.7 Å². The van der Waals surface area contributed by atoms with E-state index in [0.29, 0.717) is 19.8 Å². The Hall–Kier alpha value is -2.89. The zero-order chi connectivity index (χ0) is 15.6. The minimum atomic E-state index is 0.593. The van der Waals surface area contributed by atoms with Gasteiger partial charge >= 0.3 is 0 Å². The Morgan fingerprint density at radius 1 is 1.09 bits per heavy atom. The van der Waals surface area contributed by atoms with E-state index in [4.69, 9.17) is 9.47 Å². The summed E-state index contributed by atoms with van der Waals surface area (Å²) in [4.78, 5) is 14.9. The number of nitrogens with zero attached hydrogens (tertiary/aromatic N) is 4. The van der Waals surface area contributed by atoms with Crippen LogP contribution in [0.25, 0.3) is 10.9 Å². The standard InChI is InChI=1S/C17H16N4O2/c1-21(17-13-4-5-18-9-14(13)19-11-20-17)10-12-2-3-15-16(8-12)23-7-6-22-15/h2-5,8-9,11H,6-7,10H2,1H3. The van der Waals surface area contributed by atoms with Gasteiger partial charge in [0.1, 0.15) is 25.4 Å². The number of benzene rings is 1. The minimum Gasteiger partial charge on any atom is -0.486 e. The summed E-state index contributed by atoms with van der Waals surface area (Å²) in [6.07, 6.45) is 5.07. The van der Waals surface area contributed by atoms with Crippen LogP contribution in [0.4, 0.5) is 5.82 Å². The second-order valence-corrected chi connectivity index (χ2v) is 5.42. The summed E-state index contributed by atoms with van der Waals surface area (Å²) >= 11 is 0. The van der Waals surface area contributed by atoms with E-state index in [0.717, 1.165) is 33.8 Å². The molecule has 0 bridgehead atoms. The van der Waals surface area contributed by atoms with E-state index < -0.39 is 0 Å². The molecule has 3 aromatic rings. The van der Waals surface area contributed by atoms with Gasteiger partial charge in [-0.1, -0.05) is 6.07 Å². The summed E-state index contributed by atoms with van der Waals surface area (Å²) in [5.74, 6) is 2.49. The van der Waals surface area contributed by atoms with E-state index in [2.05, 4.69) is 25.9 Å². The highest BCUT2D eigenvalue weighted by Gasteiger charge is 2.14. The lowest BCUT2D eigenvalue weighted by molar-refractivity contribution is 0.171. The zero-order valence-electron chi connectivity index (χ0n) is 12.8. The fourth-order valence-corrected chi connectivity index (χ4v) is 2.73. The molecule has 2 aromatic heterocycles. The average Bonchev–Trinajstić information content (AvgIpc) is 2.61. The van der Waals surface area contributed by atoms with Crippen molar-refractivity contribution in [2.24, 2.45) is 0 Å². The van der Waals surface area contributed by atoms with Crippen molar-refractivity contribution in [2.75, 3.05) is 25.2 Å². The lowest BCUT2D eigenvalue weighted by atomic mass is 10.1. The van der Waals surface area contributed by atoms with E-state index in [1.807, 2.05) is 25.2 Å². The zero-order valence-corrected chi connectivity index (χ0v) is 12.8. The topological polar surface area (TPSA) is 60.4 Å². The van der Waals surface area contributed by atoms with Gasteiger partial charge in [-0.2, -0.15) is 0 Å². The molecule has 6 heteroatoms. The van der Waals surface area contributed by atoms with Crippen molar-refractivity contribution < 1.29 is 9.47 Å². The van der Waals surface area contributed by atoms with E-state index in [1.165, 1.54) is 0 Å². The molecule has 0 N–H and O–H groups in total. The normalized spacial score (nSPS) is 13.1. The van der Waals surface area contributed by atoms with Crippen LogP contribution in [-0.4, -0.2) is 35.2 Å². The van der Waals surface area contributed by atoms with Crippen molar-refractivity contribution in [1.29, 1.82) is 0 Å². The summed E-state index contributed by atoms with van der Waals surface area (Å²) < 4.78 is 11.2. The Morgan fingerprint density at radius 3 is 2.87 bits per heavy atom. The first kappa shape index (κ1) is 13.8. The number of aromatic nitrogens is 3. The molecule has 0 saturated heterocycles. The minimum absolute atomic E-state index is 0.593. The highest BCUT2D eigenvalue weighted by Crippen LogP contribution is 2.31. The average molecular weight is 308 g/mol. The second kappa shape index (κ2) is 5.72. The van der Waals surface area contributed by atoms with Gasteiger partial charge in [-0.15, -0.1) is 0 Å². The van der Waals surface area contributed by atoms with E-state index in [9.17, 15) is 0 Å². The van der Waals surface area contributed by atoms with E-state index in [-0.39, 0.29) is 0 Å². The van der Waals surface area contributed by atoms with Gasteiger partial charge in [-0.25, -0.2) is 9.97 Å². The number of fused-ring (bicyclic) bond motifs is 2. The summed E-state index contributed by atoms with van der Waals surface area (Å²) in [6.45, 7) is 1.91. The van der Waals surface area contributed by atoms with Gasteiger partial charge in [0, 0.05) is 25.2 Å². The molecular formula is C17H16N4O2. The van der Waals surface area contributed by atoms with E-state index >= 15 is 0 Å². The van der Waals surface area contributed by atoms with Crippen molar-refractivity contribution in [2.45, 2.75) is 6.54 Å². The highest BCUT2D eigenvalue weighted by atomic mass is 16.6. The van der Waals surface area contributed by atoms with Crippen LogP contribution in [-0.2, 0) is 6.54 Å². The number of hydrogen-bond acceptors (Lipinski definition) is 6. The molecule has 1 aliphatic heterocycles. The van der Waals surface area contributed by atoms with Crippen LogP contribution in [0.1, 0.15) is 5.56 Å². The van der Waals surface area contributed by atoms with Crippen molar-refractivity contribution in [1.82, 2.24) is 15.0 Å². The van der Waals surface area contributed by atoms with Crippen LogP contribution >= 0.6 is 0 Å². The molecule has 0 spiro atoms. The van der Waals surface area contributed by atoms with Gasteiger partial charge < -0.3 is 14.4 Å². The Balaban J connectivity index is 1.63. The maximum atomic E-state index is 5.64. The van der Waals surface area contributed by atoms with Gasteiger partial charge in [-0.3, -0.25) is 4.98 Å². The van der Waals surface area contributed by atoms with Gasteiger partial charge in [0.2, 0.25) is 0 Å². The SMILES string of the molecule is CN(Cc1ccc2c(c1)OCCO2)c1ncnc2cnccc12. The summed E-state index contributed by atoms with van der Waals surface area (Å²) in [6, 6.07) is 7.97. The predicted octanol–water partition coefficient (Wildman–Crippen LogP) is 2.43. The molecule has 4 rings (SSSR count). The van der Waals surface area contributed by atoms with Crippen LogP contribution in [0.2, 0.25) is 0 Å². The Bertz CT molecular complexity index is 848. The van der Waals surface area contributed by atoms with Crippen molar-refractivity contribution in [3.8, 4) is 11.5 Å². The lowest BCUT2D eigenvalue weighted by Crippen LogP contribution is -2.19. The smallest absolute Gasteiger partial charge is 0.161 e. The molecule has 1 aliphatic rings. The second-order valence-electron chi connectivity index (χ2n) is 5.42. The monoisotopic (exact) mass is 308 g/mol. The molecule has 1 aromatic carbocycles. The molecule has 0 amide bonds. The number of hydrogen-bond donors (Lipinski definition) is 0. The Kier molecular flexibility index (Phi) is 3.42. The fourth-order valence-electron chi connectivity index (χ4n) is 2.73. The molecule has 6 nitrogen and oxygen atoms in total. The molecule has 0 radical (unpaired) electrons. The van der Waals surface area contributed by atoms with Gasteiger partial charge in [-0.05, 0) is 23.8 Å². The van der Waals surface area contributed by atoms with Crippen LogP contribution < -0.4 is 14.4 Å². The maximum Gasteiger partial charge on any atom is 0.161 e. The summed E-state index contributed by atoms with van der Waals surface area (Å²) in [7, 11) is 2.01. The first-order chi connectivity index (χ1) is 11.3. The largest absolute Gasteiger partial charge is 0.486 e. The first-order valence-electron chi connectivity index (χ1n) is 7.45. The molecule has 23 heavy (non-hydrogen) atoms. The third-order valence-corrected chi connectivity index (χ3v) is 3.81. The number of rotatable bonds is 3. The molecule has 0 saturated carbocycles. The van der Waals surface area contributed by atoms with Crippen molar-refractivity contribution in [3.05, 3.63) is 48.5 Å². The summed E-state index contributed by atoms with van der Waals surface area (Å²) in [5, 5.41) is 0.988. The molecule has 116 valence electrons. The number of anilines is 1. The molecule has 3 heterocycles. The summed E-state index contributed by atoms with van der Waals surface area (Å²) in [5.41, 5.74) is 1.98. The van der Waals surface area contributed by atoms with Crippen molar-refractivity contribution in [3.63, 3.8) is 0 Å². The maximum absolute atomic E-state index is 5.64. The Morgan fingerprint density at radius 2 is 1.96 bits per heavy atom. The lowest BCUT2D eigenvalue weighted by Gasteiger charge is -2.22. The van der Waals surface area contributed by atoms with Crippen LogP contribution in [0.3, 0.4) is 0 Å². The van der Waals surface area contributed by atoms with E-state index in [1.54, 1.807) is 18.7 Å². The van der Waals surface area contributed by atoms with Crippen LogP contribution in [0.5, 0.6) is 11.5 Å². The molecule has 0 unspecified atom stereocenters. The van der Waals surface area contributed by atoms with Crippen LogP contribution in [0, 0.1) is 0 Å². The molecule has 0 atom stereocenters. The van der Waals surface area contributed by atoms with Gasteiger partial charge in [0.25, 0.3) is 0 Å². The number of ether oxygens (including phenoxy) is 2. The molecule has 0 fully saturated rings. The molecular weight excluding hydrogens is 292 g/mol. The molecule has 0 aliphatic carbocycles. The number of pyridine rings is 1. The van der Waals surface area contributed by atoms with Gasteiger partial charge in [0.05, 0.1) is 11.7 Å². The predicted molar refractivity (Wildman–Crippen MR) is 86.9 cm³/mol. The first-order valence-corrected chi connectivity index (χ1v) is 7.45. The third-order valence-electron chi connectivity index (χ3n) is 3.81. The van der Waals surface area contributed by atoms with Crippen LogP contribution in [0.15, 0.2) is 43.0 Å². The highest BCUT2D eigenvalue weighted by molar-refractivity contribution is 5.88. The quantitative estimate of drug-likeness (QED) is 0.740.